The molecule has 3 unspecified atom stereocenters. The zero-order chi connectivity index (χ0) is 15.2. The highest BCUT2D eigenvalue weighted by molar-refractivity contribution is 5.37. The molecule has 1 fully saturated rings. The van der Waals surface area contributed by atoms with Gasteiger partial charge in [0.2, 0.25) is 0 Å². The van der Waals surface area contributed by atoms with E-state index in [1.807, 2.05) is 0 Å². The number of nitrogens with one attached hydrogen (secondary N) is 1. The summed E-state index contributed by atoms with van der Waals surface area (Å²) < 4.78 is 11.3. The van der Waals surface area contributed by atoms with E-state index >= 15 is 0 Å². The lowest BCUT2D eigenvalue weighted by Gasteiger charge is -2.29. The van der Waals surface area contributed by atoms with Crippen molar-refractivity contribution in [2.24, 2.45) is 5.92 Å². The smallest absolute Gasteiger partial charge is 0.121 e. The fourth-order valence-electron chi connectivity index (χ4n) is 3.38. The van der Waals surface area contributed by atoms with Crippen LogP contribution in [-0.2, 0) is 4.74 Å². The van der Waals surface area contributed by atoms with Gasteiger partial charge in [0.05, 0.1) is 13.2 Å². The first-order valence-corrected chi connectivity index (χ1v) is 8.20. The molecule has 0 saturated carbocycles. The summed E-state index contributed by atoms with van der Waals surface area (Å²) >= 11 is 0. The zero-order valence-corrected chi connectivity index (χ0v) is 13.8. The average Bonchev–Trinajstić information content (AvgIpc) is 2.96. The van der Waals surface area contributed by atoms with Gasteiger partial charge in [-0.15, -0.1) is 0 Å². The minimum Gasteiger partial charge on any atom is -0.496 e. The lowest BCUT2D eigenvalue weighted by atomic mass is 9.86. The maximum absolute atomic E-state index is 5.91. The molecule has 1 aliphatic rings. The van der Waals surface area contributed by atoms with Gasteiger partial charge in [0, 0.05) is 18.6 Å². The third-order valence-corrected chi connectivity index (χ3v) is 4.48. The predicted molar refractivity (Wildman–Crippen MR) is 86.9 cm³/mol. The Morgan fingerprint density at radius 2 is 2.19 bits per heavy atom. The summed E-state index contributed by atoms with van der Waals surface area (Å²) in [5, 5.41) is 3.74. The van der Waals surface area contributed by atoms with Crippen molar-refractivity contribution < 1.29 is 9.47 Å². The summed E-state index contributed by atoms with van der Waals surface area (Å²) in [5.41, 5.74) is 2.56. The van der Waals surface area contributed by atoms with E-state index in [1.54, 1.807) is 7.11 Å². The Morgan fingerprint density at radius 3 is 2.81 bits per heavy atom. The van der Waals surface area contributed by atoms with Gasteiger partial charge in [-0.1, -0.05) is 26.0 Å². The first-order valence-electron chi connectivity index (χ1n) is 8.20. The Balaban J connectivity index is 2.24. The molecule has 3 atom stereocenters. The van der Waals surface area contributed by atoms with Crippen molar-refractivity contribution in [1.82, 2.24) is 5.32 Å². The van der Waals surface area contributed by atoms with Gasteiger partial charge in [-0.3, -0.25) is 0 Å². The van der Waals surface area contributed by atoms with Crippen LogP contribution in [0.4, 0.5) is 0 Å². The number of aryl methyl sites for hydroxylation is 1. The molecule has 0 aromatic heterocycles. The minimum absolute atomic E-state index is 0.377. The van der Waals surface area contributed by atoms with Crippen molar-refractivity contribution in [3.05, 3.63) is 29.3 Å². The van der Waals surface area contributed by atoms with Crippen molar-refractivity contribution >= 4 is 0 Å². The molecule has 21 heavy (non-hydrogen) atoms. The molecular formula is C18H29NO2. The number of hydrogen-bond acceptors (Lipinski definition) is 3. The number of ether oxygens (including phenoxy) is 2. The van der Waals surface area contributed by atoms with E-state index in [2.05, 4.69) is 44.3 Å². The molecule has 3 heteroatoms. The van der Waals surface area contributed by atoms with Crippen molar-refractivity contribution in [3.63, 3.8) is 0 Å². The van der Waals surface area contributed by atoms with Gasteiger partial charge >= 0.3 is 0 Å². The van der Waals surface area contributed by atoms with Crippen LogP contribution in [0.1, 0.15) is 50.3 Å². The highest BCUT2D eigenvalue weighted by atomic mass is 16.5. The van der Waals surface area contributed by atoms with Gasteiger partial charge in [-0.05, 0) is 49.9 Å². The van der Waals surface area contributed by atoms with Gasteiger partial charge in [0.25, 0.3) is 0 Å². The Bertz CT molecular complexity index is 447. The average molecular weight is 291 g/mol. The Hall–Kier alpha value is -1.06. The van der Waals surface area contributed by atoms with Crippen LogP contribution >= 0.6 is 0 Å². The van der Waals surface area contributed by atoms with Crippen LogP contribution in [0.2, 0.25) is 0 Å². The molecule has 0 radical (unpaired) electrons. The van der Waals surface area contributed by atoms with E-state index in [-0.39, 0.29) is 0 Å². The molecule has 0 amide bonds. The van der Waals surface area contributed by atoms with Crippen LogP contribution < -0.4 is 10.1 Å². The lowest BCUT2D eigenvalue weighted by molar-refractivity contribution is 0.0774. The van der Waals surface area contributed by atoms with Crippen LogP contribution in [0.25, 0.3) is 0 Å². The second kappa shape index (κ2) is 7.81. The summed E-state index contributed by atoms with van der Waals surface area (Å²) in [7, 11) is 1.73. The number of hydrogen-bond donors (Lipinski definition) is 1. The SMILES string of the molecule is CCCNC(c1ccc(OC)c(C)c1)C1CCOC1CC. The third-order valence-electron chi connectivity index (χ3n) is 4.48. The maximum atomic E-state index is 5.91. The summed E-state index contributed by atoms with van der Waals surface area (Å²) in [5.74, 6) is 1.53. The van der Waals surface area contributed by atoms with E-state index in [1.165, 1.54) is 11.1 Å². The fourth-order valence-corrected chi connectivity index (χ4v) is 3.38. The monoisotopic (exact) mass is 291 g/mol. The van der Waals surface area contributed by atoms with Gasteiger partial charge < -0.3 is 14.8 Å². The molecule has 0 aliphatic carbocycles. The topological polar surface area (TPSA) is 30.5 Å². The second-order valence-corrected chi connectivity index (χ2v) is 5.93. The molecule has 2 rings (SSSR count). The number of benzene rings is 1. The Labute approximate surface area is 129 Å². The highest BCUT2D eigenvalue weighted by Gasteiger charge is 2.34. The molecule has 1 aromatic carbocycles. The number of rotatable bonds is 7. The second-order valence-electron chi connectivity index (χ2n) is 5.93. The van der Waals surface area contributed by atoms with Crippen molar-refractivity contribution in [2.45, 2.75) is 52.2 Å². The minimum atomic E-state index is 0.377. The fraction of sp³-hybridized carbons (Fsp3) is 0.667. The number of methoxy groups -OCH3 is 1. The third kappa shape index (κ3) is 3.78. The van der Waals surface area contributed by atoms with Gasteiger partial charge in [0.15, 0.2) is 0 Å². The van der Waals surface area contributed by atoms with Crippen molar-refractivity contribution in [2.75, 3.05) is 20.3 Å². The van der Waals surface area contributed by atoms with E-state index in [0.29, 0.717) is 18.1 Å². The van der Waals surface area contributed by atoms with Crippen LogP contribution in [-0.4, -0.2) is 26.4 Å². The van der Waals surface area contributed by atoms with Gasteiger partial charge in [-0.25, -0.2) is 0 Å². The molecule has 1 aliphatic heterocycles. The van der Waals surface area contributed by atoms with Crippen LogP contribution in [0, 0.1) is 12.8 Å². The maximum Gasteiger partial charge on any atom is 0.121 e. The van der Waals surface area contributed by atoms with Gasteiger partial charge in [0.1, 0.15) is 5.75 Å². The highest BCUT2D eigenvalue weighted by Crippen LogP contribution is 2.36. The molecule has 118 valence electrons. The predicted octanol–water partition coefficient (Wildman–Crippen LogP) is 3.86. The van der Waals surface area contributed by atoms with Crippen LogP contribution in [0.5, 0.6) is 5.75 Å². The van der Waals surface area contributed by atoms with Crippen molar-refractivity contribution in [3.8, 4) is 5.75 Å². The Morgan fingerprint density at radius 1 is 1.38 bits per heavy atom. The van der Waals surface area contributed by atoms with Crippen LogP contribution in [0.3, 0.4) is 0 Å². The largest absolute Gasteiger partial charge is 0.496 e. The molecule has 1 heterocycles. The molecule has 3 nitrogen and oxygen atoms in total. The van der Waals surface area contributed by atoms with E-state index in [9.17, 15) is 0 Å². The molecule has 1 saturated heterocycles. The Kier molecular flexibility index (Phi) is 6.07. The summed E-state index contributed by atoms with van der Waals surface area (Å²) in [6.07, 6.45) is 3.76. The zero-order valence-electron chi connectivity index (χ0n) is 13.8. The first kappa shape index (κ1) is 16.3. The molecule has 1 N–H and O–H groups in total. The molecule has 0 bridgehead atoms. The van der Waals surface area contributed by atoms with Crippen LogP contribution in [0.15, 0.2) is 18.2 Å². The molecule has 1 aromatic rings. The van der Waals surface area contributed by atoms with Gasteiger partial charge in [-0.2, -0.15) is 0 Å². The first-order chi connectivity index (χ1) is 10.2. The van der Waals surface area contributed by atoms with Crippen molar-refractivity contribution in [1.29, 1.82) is 0 Å². The molecular weight excluding hydrogens is 262 g/mol. The normalized spacial score (nSPS) is 23.2. The van der Waals surface area contributed by atoms with E-state index < -0.39 is 0 Å². The summed E-state index contributed by atoms with van der Waals surface area (Å²) in [6, 6.07) is 6.92. The summed E-state index contributed by atoms with van der Waals surface area (Å²) in [6.45, 7) is 8.48. The van der Waals surface area contributed by atoms with E-state index in [4.69, 9.17) is 9.47 Å². The summed E-state index contributed by atoms with van der Waals surface area (Å²) in [4.78, 5) is 0. The molecule has 0 spiro atoms. The van der Waals surface area contributed by atoms with E-state index in [0.717, 1.165) is 38.2 Å². The quantitative estimate of drug-likeness (QED) is 0.827. The lowest BCUT2D eigenvalue weighted by Crippen LogP contribution is -2.33. The standard InChI is InChI=1S/C18H29NO2/c1-5-10-19-18(15-9-11-21-16(15)6-2)14-7-8-17(20-4)13(3)12-14/h7-8,12,15-16,18-19H,5-6,9-11H2,1-4H3.